The van der Waals surface area contributed by atoms with Gasteiger partial charge in [-0.1, -0.05) is 24.3 Å². The van der Waals surface area contributed by atoms with Crippen molar-refractivity contribution < 1.29 is 19.4 Å². The predicted octanol–water partition coefficient (Wildman–Crippen LogP) is 2.72. The summed E-state index contributed by atoms with van der Waals surface area (Å²) in [5.74, 6) is -0.338. The zero-order valence-electron chi connectivity index (χ0n) is 12.1. The molecule has 0 bridgehead atoms. The fourth-order valence-corrected chi connectivity index (χ4v) is 2.44. The maximum atomic E-state index is 11.8. The lowest BCUT2D eigenvalue weighted by atomic mass is 10.1. The zero-order chi connectivity index (χ0) is 15.1. The van der Waals surface area contributed by atoms with E-state index in [1.165, 1.54) is 0 Å². The molecule has 0 aliphatic carbocycles. The lowest BCUT2D eigenvalue weighted by molar-refractivity contribution is -0.0550. The fraction of sp³-hybridized carbons (Fsp3) is 0.471. The highest BCUT2D eigenvalue weighted by Crippen LogP contribution is 2.24. The number of esters is 1. The number of hydrogen-bond acceptors (Lipinski definition) is 4. The van der Waals surface area contributed by atoms with Gasteiger partial charge in [-0.25, -0.2) is 4.79 Å². The van der Waals surface area contributed by atoms with E-state index in [2.05, 4.69) is 6.58 Å². The lowest BCUT2D eigenvalue weighted by Crippen LogP contribution is -2.27. The van der Waals surface area contributed by atoms with Crippen molar-refractivity contribution in [2.24, 2.45) is 0 Å². The Hall–Kier alpha value is -1.65. The Morgan fingerprint density at radius 3 is 2.90 bits per heavy atom. The minimum absolute atomic E-state index is 0.124. The summed E-state index contributed by atoms with van der Waals surface area (Å²) in [6, 6.07) is 8.90. The molecule has 0 amide bonds. The minimum atomic E-state index is -0.474. The number of aliphatic hydroxyl groups is 1. The van der Waals surface area contributed by atoms with Gasteiger partial charge >= 0.3 is 5.97 Å². The summed E-state index contributed by atoms with van der Waals surface area (Å²) < 4.78 is 11.0. The van der Waals surface area contributed by atoms with Crippen molar-refractivity contribution in [3.05, 3.63) is 48.6 Å². The molecular formula is C17H22O4. The zero-order valence-corrected chi connectivity index (χ0v) is 12.1. The van der Waals surface area contributed by atoms with E-state index in [1.54, 1.807) is 30.3 Å². The van der Waals surface area contributed by atoms with Gasteiger partial charge in [-0.05, 0) is 37.8 Å². The summed E-state index contributed by atoms with van der Waals surface area (Å²) in [7, 11) is 0. The molecule has 4 heteroatoms. The molecule has 21 heavy (non-hydrogen) atoms. The van der Waals surface area contributed by atoms with E-state index in [4.69, 9.17) is 9.47 Å². The summed E-state index contributed by atoms with van der Waals surface area (Å²) in [6.07, 6.45) is 4.06. The van der Waals surface area contributed by atoms with Crippen LogP contribution in [0.3, 0.4) is 0 Å². The van der Waals surface area contributed by atoms with Crippen LogP contribution in [-0.2, 0) is 9.47 Å². The van der Waals surface area contributed by atoms with Gasteiger partial charge in [-0.3, -0.25) is 0 Å². The summed E-state index contributed by atoms with van der Waals surface area (Å²) >= 11 is 0. The van der Waals surface area contributed by atoms with E-state index in [0.29, 0.717) is 12.0 Å². The molecular weight excluding hydrogens is 268 g/mol. The third-order valence-electron chi connectivity index (χ3n) is 3.65. The molecule has 0 radical (unpaired) electrons. The van der Waals surface area contributed by atoms with Gasteiger partial charge in [-0.2, -0.15) is 0 Å². The molecule has 1 aromatic carbocycles. The number of hydrogen-bond donors (Lipinski definition) is 1. The van der Waals surface area contributed by atoms with Crippen LogP contribution in [0.15, 0.2) is 43.0 Å². The third kappa shape index (κ3) is 4.69. The molecule has 0 aromatic heterocycles. The first kappa shape index (κ1) is 15.7. The molecule has 1 aliphatic heterocycles. The Morgan fingerprint density at radius 2 is 2.19 bits per heavy atom. The molecule has 3 atom stereocenters. The van der Waals surface area contributed by atoms with E-state index in [9.17, 15) is 9.90 Å². The van der Waals surface area contributed by atoms with Crippen molar-refractivity contribution in [1.82, 2.24) is 0 Å². The Morgan fingerprint density at radius 1 is 1.43 bits per heavy atom. The van der Waals surface area contributed by atoms with Gasteiger partial charge in [0.05, 0.1) is 23.9 Å². The number of benzene rings is 1. The largest absolute Gasteiger partial charge is 0.459 e. The smallest absolute Gasteiger partial charge is 0.338 e. The molecule has 0 saturated carbocycles. The van der Waals surface area contributed by atoms with Crippen molar-refractivity contribution in [3.63, 3.8) is 0 Å². The quantitative estimate of drug-likeness (QED) is 0.619. The number of carbonyl (C=O) groups excluding carboxylic acids is 1. The van der Waals surface area contributed by atoms with Gasteiger partial charge in [0.1, 0.15) is 6.61 Å². The third-order valence-corrected chi connectivity index (χ3v) is 3.65. The van der Waals surface area contributed by atoms with Gasteiger partial charge in [-0.15, -0.1) is 6.58 Å². The molecule has 0 unspecified atom stereocenters. The number of ether oxygens (including phenoxy) is 2. The van der Waals surface area contributed by atoms with E-state index >= 15 is 0 Å². The Labute approximate surface area is 125 Å². The number of carbonyl (C=O) groups is 1. The molecule has 1 aliphatic rings. The van der Waals surface area contributed by atoms with Crippen LogP contribution in [0.25, 0.3) is 0 Å². The van der Waals surface area contributed by atoms with Crippen LogP contribution < -0.4 is 0 Å². The van der Waals surface area contributed by atoms with E-state index in [1.807, 2.05) is 6.07 Å². The lowest BCUT2D eigenvalue weighted by Gasteiger charge is -2.18. The number of aliphatic hydroxyl groups excluding tert-OH is 1. The van der Waals surface area contributed by atoms with Crippen molar-refractivity contribution in [2.75, 3.05) is 6.61 Å². The molecule has 114 valence electrons. The molecule has 1 heterocycles. The Bertz CT molecular complexity index is 457. The van der Waals surface area contributed by atoms with Crippen LogP contribution in [0.2, 0.25) is 0 Å². The SMILES string of the molecule is C=CCC[C@@H](O)[C@H]1CC[C@H](COC(=O)c2ccccc2)O1. The number of allylic oxidation sites excluding steroid dienone is 1. The van der Waals surface area contributed by atoms with Gasteiger partial charge in [0.25, 0.3) is 0 Å². The van der Waals surface area contributed by atoms with E-state index in [-0.39, 0.29) is 24.8 Å². The van der Waals surface area contributed by atoms with Gasteiger partial charge < -0.3 is 14.6 Å². The first-order chi connectivity index (χ1) is 10.2. The van der Waals surface area contributed by atoms with Crippen molar-refractivity contribution in [3.8, 4) is 0 Å². The second-order valence-corrected chi connectivity index (χ2v) is 5.27. The van der Waals surface area contributed by atoms with E-state index < -0.39 is 6.10 Å². The Balaban J connectivity index is 1.73. The van der Waals surface area contributed by atoms with Crippen molar-refractivity contribution in [2.45, 2.75) is 44.0 Å². The average molecular weight is 290 g/mol. The first-order valence-corrected chi connectivity index (χ1v) is 7.37. The van der Waals surface area contributed by atoms with Crippen molar-refractivity contribution in [1.29, 1.82) is 0 Å². The molecule has 2 rings (SSSR count). The molecule has 1 N–H and O–H groups in total. The fourth-order valence-electron chi connectivity index (χ4n) is 2.44. The molecule has 1 aromatic rings. The summed E-state index contributed by atoms with van der Waals surface area (Å²) in [5, 5.41) is 9.97. The summed E-state index contributed by atoms with van der Waals surface area (Å²) in [5.41, 5.74) is 0.540. The first-order valence-electron chi connectivity index (χ1n) is 7.37. The minimum Gasteiger partial charge on any atom is -0.459 e. The second-order valence-electron chi connectivity index (χ2n) is 5.27. The van der Waals surface area contributed by atoms with Crippen LogP contribution >= 0.6 is 0 Å². The normalized spacial score (nSPS) is 22.7. The maximum absolute atomic E-state index is 11.8. The highest BCUT2D eigenvalue weighted by Gasteiger charge is 2.31. The van der Waals surface area contributed by atoms with Gasteiger partial charge in [0.2, 0.25) is 0 Å². The van der Waals surface area contributed by atoms with E-state index in [0.717, 1.165) is 19.3 Å². The molecule has 1 fully saturated rings. The molecule has 0 spiro atoms. The van der Waals surface area contributed by atoms with Gasteiger partial charge in [0, 0.05) is 0 Å². The monoisotopic (exact) mass is 290 g/mol. The molecule has 4 nitrogen and oxygen atoms in total. The van der Waals surface area contributed by atoms with Crippen LogP contribution in [0.1, 0.15) is 36.0 Å². The predicted molar refractivity (Wildman–Crippen MR) is 80.1 cm³/mol. The highest BCUT2D eigenvalue weighted by atomic mass is 16.6. The summed E-state index contributed by atoms with van der Waals surface area (Å²) in [4.78, 5) is 11.8. The second kappa shape index (κ2) is 7.96. The standard InChI is InChI=1S/C17H22O4/c1-2-3-9-15(18)16-11-10-14(21-16)12-20-17(19)13-7-5-4-6-8-13/h2,4-8,14-16,18H,1,3,9-12H2/t14-,15-,16-/m1/s1. The molecule has 1 saturated heterocycles. The van der Waals surface area contributed by atoms with Crippen molar-refractivity contribution >= 4 is 5.97 Å². The van der Waals surface area contributed by atoms with Crippen LogP contribution in [0.5, 0.6) is 0 Å². The topological polar surface area (TPSA) is 55.8 Å². The Kier molecular flexibility index (Phi) is 5.96. The van der Waals surface area contributed by atoms with Crippen LogP contribution in [0, 0.1) is 0 Å². The maximum Gasteiger partial charge on any atom is 0.338 e. The van der Waals surface area contributed by atoms with Crippen LogP contribution in [0.4, 0.5) is 0 Å². The highest BCUT2D eigenvalue weighted by molar-refractivity contribution is 5.89. The summed E-state index contributed by atoms with van der Waals surface area (Å²) in [6.45, 7) is 3.88. The number of rotatable bonds is 7. The van der Waals surface area contributed by atoms with Gasteiger partial charge in [0.15, 0.2) is 0 Å². The van der Waals surface area contributed by atoms with Crippen LogP contribution in [-0.4, -0.2) is 36.0 Å². The average Bonchev–Trinajstić information content (AvgIpc) is 3.00.